The molecule has 28 heavy (non-hydrogen) atoms. The zero-order chi connectivity index (χ0) is 20.1. The van der Waals surface area contributed by atoms with Gasteiger partial charge in [0.15, 0.2) is 0 Å². The van der Waals surface area contributed by atoms with Crippen molar-refractivity contribution in [2.45, 2.75) is 23.0 Å². The van der Waals surface area contributed by atoms with E-state index in [0.717, 1.165) is 30.8 Å². The molecule has 140 valence electrons. The second-order valence-corrected chi connectivity index (χ2v) is 9.01. The molecule has 3 nitrogen and oxygen atoms in total. The van der Waals surface area contributed by atoms with Gasteiger partial charge in [0, 0.05) is 20.5 Å². The fraction of sp³-hybridized carbons (Fsp3) is 0.0909. The zero-order valence-electron chi connectivity index (χ0n) is 15.3. The summed E-state index contributed by atoms with van der Waals surface area (Å²) in [6.45, 7) is 3.93. The average molecular weight is 425 g/mol. The number of nitriles is 1. The Bertz CT molecular complexity index is 1080. The molecule has 1 amide bonds. The maximum Gasteiger partial charge on any atom is 0.266 e. The van der Waals surface area contributed by atoms with Gasteiger partial charge in [-0.05, 0) is 73.5 Å². The third-order valence-electron chi connectivity index (χ3n) is 4.14. The van der Waals surface area contributed by atoms with Crippen LogP contribution in [0.1, 0.15) is 16.0 Å². The van der Waals surface area contributed by atoms with Crippen molar-refractivity contribution in [1.82, 2.24) is 0 Å². The lowest BCUT2D eigenvalue weighted by molar-refractivity contribution is -0.112. The van der Waals surface area contributed by atoms with Crippen LogP contribution in [0.15, 0.2) is 69.3 Å². The van der Waals surface area contributed by atoms with Crippen LogP contribution in [0.5, 0.6) is 0 Å². The van der Waals surface area contributed by atoms with Gasteiger partial charge in [0.05, 0.1) is 4.21 Å². The summed E-state index contributed by atoms with van der Waals surface area (Å²) < 4.78 is 1.07. The molecule has 0 aliphatic rings. The number of nitrogens with one attached hydrogen (secondary N) is 1. The third-order valence-corrected chi connectivity index (χ3v) is 6.56. The number of nitrogens with zero attached hydrogens (tertiary/aromatic N) is 1. The van der Waals surface area contributed by atoms with E-state index in [1.807, 2.05) is 74.5 Å². The highest BCUT2D eigenvalue weighted by Gasteiger charge is 2.12. The smallest absolute Gasteiger partial charge is 0.266 e. The first-order chi connectivity index (χ1) is 13.5. The normalized spacial score (nSPS) is 11.1. The maximum absolute atomic E-state index is 12.5. The van der Waals surface area contributed by atoms with Crippen LogP contribution in [-0.2, 0) is 4.79 Å². The van der Waals surface area contributed by atoms with Crippen molar-refractivity contribution in [3.05, 3.63) is 81.2 Å². The van der Waals surface area contributed by atoms with Gasteiger partial charge in [-0.1, -0.05) is 35.5 Å². The molecule has 6 heteroatoms. The van der Waals surface area contributed by atoms with Gasteiger partial charge in [-0.25, -0.2) is 0 Å². The van der Waals surface area contributed by atoms with Crippen molar-refractivity contribution in [2.75, 3.05) is 5.32 Å². The molecule has 1 N–H and O–H groups in total. The quantitative estimate of drug-likeness (QED) is 0.365. The lowest BCUT2D eigenvalue weighted by atomic mass is 10.1. The maximum atomic E-state index is 12.5. The Morgan fingerprint density at radius 2 is 1.89 bits per heavy atom. The number of amides is 1. The minimum Gasteiger partial charge on any atom is -0.321 e. The van der Waals surface area contributed by atoms with Gasteiger partial charge in [0.25, 0.3) is 5.91 Å². The van der Waals surface area contributed by atoms with Crippen molar-refractivity contribution in [3.8, 4) is 6.07 Å². The van der Waals surface area contributed by atoms with Gasteiger partial charge < -0.3 is 5.32 Å². The van der Waals surface area contributed by atoms with Crippen molar-refractivity contribution < 1.29 is 4.79 Å². The van der Waals surface area contributed by atoms with Crippen molar-refractivity contribution >= 4 is 52.4 Å². The van der Waals surface area contributed by atoms with Crippen LogP contribution >= 0.6 is 34.7 Å². The van der Waals surface area contributed by atoms with Crippen LogP contribution in [0.4, 0.5) is 5.69 Å². The van der Waals surface area contributed by atoms with E-state index in [1.54, 1.807) is 17.8 Å². The highest BCUT2D eigenvalue weighted by atomic mass is 35.5. The van der Waals surface area contributed by atoms with E-state index < -0.39 is 5.91 Å². The molecule has 3 rings (SSSR count). The predicted octanol–water partition coefficient (Wildman–Crippen LogP) is 6.72. The molecule has 0 aliphatic heterocycles. The van der Waals surface area contributed by atoms with E-state index >= 15 is 0 Å². The van der Waals surface area contributed by atoms with Gasteiger partial charge in [0.2, 0.25) is 0 Å². The average Bonchev–Trinajstić information content (AvgIpc) is 3.12. The van der Waals surface area contributed by atoms with E-state index in [2.05, 4.69) is 5.32 Å². The summed E-state index contributed by atoms with van der Waals surface area (Å²) in [5, 5.41) is 13.0. The van der Waals surface area contributed by atoms with E-state index in [0.29, 0.717) is 5.02 Å². The number of benzene rings is 2. The largest absolute Gasteiger partial charge is 0.321 e. The Labute approximate surface area is 177 Å². The molecule has 2 aromatic carbocycles. The van der Waals surface area contributed by atoms with Gasteiger partial charge >= 0.3 is 0 Å². The number of halogens is 1. The van der Waals surface area contributed by atoms with E-state index in [9.17, 15) is 10.1 Å². The minimum absolute atomic E-state index is 0.0748. The first-order valence-electron chi connectivity index (χ1n) is 8.49. The number of hydrogen-bond donors (Lipinski definition) is 1. The number of aryl methyl sites for hydroxylation is 1. The molecule has 0 aliphatic carbocycles. The molecular formula is C22H17ClN2OS2. The summed E-state index contributed by atoms with van der Waals surface area (Å²) in [7, 11) is 0. The summed E-state index contributed by atoms with van der Waals surface area (Å²) in [6, 6.07) is 19.2. The third kappa shape index (κ3) is 5.05. The molecule has 0 radical (unpaired) electrons. The fourth-order valence-electron chi connectivity index (χ4n) is 2.45. The van der Waals surface area contributed by atoms with E-state index in [-0.39, 0.29) is 5.57 Å². The molecule has 0 saturated carbocycles. The molecular weight excluding hydrogens is 408 g/mol. The molecule has 3 aromatic rings. The van der Waals surface area contributed by atoms with Gasteiger partial charge in [-0.15, -0.1) is 11.3 Å². The van der Waals surface area contributed by atoms with E-state index in [4.69, 9.17) is 11.6 Å². The van der Waals surface area contributed by atoms with Gasteiger partial charge in [-0.3, -0.25) is 4.79 Å². The molecule has 1 heterocycles. The lowest BCUT2D eigenvalue weighted by Gasteiger charge is -2.09. The standard InChI is InChI=1S/C22H17ClN2OS2/c1-14-4-3-5-20(15(14)2)25-22(26)16(13-24)12-19-10-11-21(28-19)27-18-8-6-17(23)7-9-18/h3-12H,1-2H3,(H,25,26)/b16-12-. The molecule has 0 bridgehead atoms. The number of rotatable bonds is 5. The Balaban J connectivity index is 1.74. The number of carbonyl (C=O) groups excluding carboxylic acids is 1. The second-order valence-electron chi connectivity index (χ2n) is 6.08. The van der Waals surface area contributed by atoms with Gasteiger partial charge in [0.1, 0.15) is 11.6 Å². The summed E-state index contributed by atoms with van der Waals surface area (Å²) in [5.41, 5.74) is 2.87. The number of thiophene rings is 1. The summed E-state index contributed by atoms with van der Waals surface area (Å²) in [6.07, 6.45) is 1.62. The van der Waals surface area contributed by atoms with Crippen molar-refractivity contribution in [1.29, 1.82) is 5.26 Å². The Morgan fingerprint density at radius 3 is 2.61 bits per heavy atom. The number of hydrogen-bond acceptors (Lipinski definition) is 4. The molecule has 1 aromatic heterocycles. The van der Waals surface area contributed by atoms with Gasteiger partial charge in [-0.2, -0.15) is 5.26 Å². The summed E-state index contributed by atoms with van der Waals surface area (Å²) >= 11 is 9.06. The molecule has 0 saturated heterocycles. The molecule has 0 unspecified atom stereocenters. The van der Waals surface area contributed by atoms with E-state index in [1.165, 1.54) is 11.3 Å². The number of carbonyl (C=O) groups is 1. The SMILES string of the molecule is Cc1cccc(NC(=O)/C(C#N)=C\c2ccc(Sc3ccc(Cl)cc3)s2)c1C. The highest BCUT2D eigenvalue weighted by Crippen LogP contribution is 2.34. The topological polar surface area (TPSA) is 52.9 Å². The lowest BCUT2D eigenvalue weighted by Crippen LogP contribution is -2.14. The van der Waals surface area contributed by atoms with Crippen LogP contribution in [-0.4, -0.2) is 5.91 Å². The second kappa shape index (κ2) is 9.11. The van der Waals surface area contributed by atoms with Crippen LogP contribution in [0.3, 0.4) is 0 Å². The molecule has 0 spiro atoms. The highest BCUT2D eigenvalue weighted by molar-refractivity contribution is 8.01. The van der Waals surface area contributed by atoms with Crippen molar-refractivity contribution in [3.63, 3.8) is 0 Å². The zero-order valence-corrected chi connectivity index (χ0v) is 17.7. The Kier molecular flexibility index (Phi) is 6.58. The Morgan fingerprint density at radius 1 is 1.14 bits per heavy atom. The minimum atomic E-state index is -0.406. The fourth-order valence-corrected chi connectivity index (χ4v) is 4.64. The summed E-state index contributed by atoms with van der Waals surface area (Å²) in [4.78, 5) is 14.5. The number of anilines is 1. The van der Waals surface area contributed by atoms with Crippen LogP contribution in [0.25, 0.3) is 6.08 Å². The van der Waals surface area contributed by atoms with Crippen molar-refractivity contribution in [2.24, 2.45) is 0 Å². The van der Waals surface area contributed by atoms with Crippen LogP contribution < -0.4 is 5.32 Å². The van der Waals surface area contributed by atoms with Crippen LogP contribution in [0, 0.1) is 25.2 Å². The molecule has 0 fully saturated rings. The summed E-state index contributed by atoms with van der Waals surface area (Å²) in [5.74, 6) is -0.406. The molecule has 0 atom stereocenters. The first kappa shape index (κ1) is 20.2. The predicted molar refractivity (Wildman–Crippen MR) is 118 cm³/mol. The Hall–Kier alpha value is -2.52. The monoisotopic (exact) mass is 424 g/mol. The van der Waals surface area contributed by atoms with Crippen LogP contribution in [0.2, 0.25) is 5.02 Å². The first-order valence-corrected chi connectivity index (χ1v) is 10.5.